The van der Waals surface area contributed by atoms with E-state index in [-0.39, 0.29) is 0 Å². The molecule has 0 bridgehead atoms. The standard InChI is InChI=1S/C17H27NO2/c1-3-18-15-8-6-7-14(13-15)16-9-4-5-10-17(16)20-12-11-19-2/h4-5,9-10,14-15,18H,3,6-8,11-13H2,1-2H3. The minimum Gasteiger partial charge on any atom is -0.491 e. The molecule has 0 radical (unpaired) electrons. The fourth-order valence-electron chi connectivity index (χ4n) is 3.13. The molecular weight excluding hydrogens is 250 g/mol. The third-order valence-corrected chi connectivity index (χ3v) is 4.07. The summed E-state index contributed by atoms with van der Waals surface area (Å²) in [5, 5.41) is 3.60. The molecule has 0 heterocycles. The minimum atomic E-state index is 0.617. The minimum absolute atomic E-state index is 0.617. The Kier molecular flexibility index (Phi) is 6.34. The summed E-state index contributed by atoms with van der Waals surface area (Å²) in [4.78, 5) is 0. The van der Waals surface area contributed by atoms with Crippen LogP contribution in [0.4, 0.5) is 0 Å². The highest BCUT2D eigenvalue weighted by atomic mass is 16.5. The van der Waals surface area contributed by atoms with E-state index in [9.17, 15) is 0 Å². The van der Waals surface area contributed by atoms with E-state index in [1.807, 2.05) is 0 Å². The zero-order chi connectivity index (χ0) is 14.2. The van der Waals surface area contributed by atoms with E-state index in [0.29, 0.717) is 25.2 Å². The Hall–Kier alpha value is -1.06. The molecule has 3 nitrogen and oxygen atoms in total. The number of para-hydroxylation sites is 1. The maximum absolute atomic E-state index is 5.88. The zero-order valence-electron chi connectivity index (χ0n) is 12.7. The first-order valence-corrected chi connectivity index (χ1v) is 7.79. The average molecular weight is 277 g/mol. The Morgan fingerprint density at radius 3 is 2.85 bits per heavy atom. The van der Waals surface area contributed by atoms with Gasteiger partial charge in [0.25, 0.3) is 0 Å². The Labute approximate surface area is 122 Å². The molecule has 1 fully saturated rings. The van der Waals surface area contributed by atoms with Gasteiger partial charge >= 0.3 is 0 Å². The molecular formula is C17H27NO2. The van der Waals surface area contributed by atoms with E-state index in [1.165, 1.54) is 31.2 Å². The first kappa shape index (κ1) is 15.3. The molecule has 1 aliphatic carbocycles. The van der Waals surface area contributed by atoms with Crippen molar-refractivity contribution < 1.29 is 9.47 Å². The lowest BCUT2D eigenvalue weighted by Gasteiger charge is -2.30. The molecule has 0 spiro atoms. The van der Waals surface area contributed by atoms with Crippen molar-refractivity contribution in [3.63, 3.8) is 0 Å². The van der Waals surface area contributed by atoms with Crippen LogP contribution in [-0.2, 0) is 4.74 Å². The van der Waals surface area contributed by atoms with Crippen molar-refractivity contribution >= 4 is 0 Å². The summed E-state index contributed by atoms with van der Waals surface area (Å²) in [5.41, 5.74) is 1.37. The lowest BCUT2D eigenvalue weighted by atomic mass is 9.81. The van der Waals surface area contributed by atoms with Gasteiger partial charge in [-0.25, -0.2) is 0 Å². The van der Waals surface area contributed by atoms with Crippen molar-refractivity contribution in [2.45, 2.75) is 44.6 Å². The largest absolute Gasteiger partial charge is 0.491 e. The normalized spacial score (nSPS) is 22.7. The van der Waals surface area contributed by atoms with Crippen molar-refractivity contribution in [3.8, 4) is 5.75 Å². The number of hydrogen-bond donors (Lipinski definition) is 1. The molecule has 3 heteroatoms. The summed E-state index contributed by atoms with van der Waals surface area (Å²) < 4.78 is 10.9. The van der Waals surface area contributed by atoms with Crippen LogP contribution in [0.3, 0.4) is 0 Å². The molecule has 0 saturated heterocycles. The van der Waals surface area contributed by atoms with E-state index in [0.717, 1.165) is 12.3 Å². The quantitative estimate of drug-likeness (QED) is 0.775. The van der Waals surface area contributed by atoms with Gasteiger partial charge in [0.2, 0.25) is 0 Å². The number of benzene rings is 1. The lowest BCUT2D eigenvalue weighted by molar-refractivity contribution is 0.145. The third kappa shape index (κ3) is 4.22. The van der Waals surface area contributed by atoms with Gasteiger partial charge in [0.05, 0.1) is 6.61 Å². The van der Waals surface area contributed by atoms with Gasteiger partial charge in [0, 0.05) is 13.2 Å². The van der Waals surface area contributed by atoms with Gasteiger partial charge in [-0.3, -0.25) is 0 Å². The summed E-state index contributed by atoms with van der Waals surface area (Å²) in [6, 6.07) is 9.14. The number of methoxy groups -OCH3 is 1. The van der Waals surface area contributed by atoms with Crippen molar-refractivity contribution in [1.29, 1.82) is 0 Å². The Balaban J connectivity index is 2.03. The van der Waals surface area contributed by atoms with Crippen LogP contribution >= 0.6 is 0 Å². The van der Waals surface area contributed by atoms with Gasteiger partial charge in [0.1, 0.15) is 12.4 Å². The van der Waals surface area contributed by atoms with Crippen LogP contribution in [0.5, 0.6) is 5.75 Å². The monoisotopic (exact) mass is 277 g/mol. The molecule has 1 aliphatic rings. The summed E-state index contributed by atoms with van der Waals surface area (Å²) in [6.07, 6.45) is 5.09. The summed E-state index contributed by atoms with van der Waals surface area (Å²) in [5.74, 6) is 1.65. The Bertz CT molecular complexity index is 392. The fourth-order valence-corrected chi connectivity index (χ4v) is 3.13. The second-order valence-corrected chi connectivity index (χ2v) is 5.50. The molecule has 2 unspecified atom stereocenters. The van der Waals surface area contributed by atoms with E-state index >= 15 is 0 Å². The average Bonchev–Trinajstić information content (AvgIpc) is 2.49. The van der Waals surface area contributed by atoms with Crippen molar-refractivity contribution in [1.82, 2.24) is 5.32 Å². The zero-order valence-corrected chi connectivity index (χ0v) is 12.7. The highest BCUT2D eigenvalue weighted by molar-refractivity contribution is 5.36. The summed E-state index contributed by atoms with van der Waals surface area (Å²) in [7, 11) is 1.71. The van der Waals surface area contributed by atoms with Crippen LogP contribution in [0.25, 0.3) is 0 Å². The molecule has 0 aliphatic heterocycles. The number of rotatable bonds is 7. The maximum Gasteiger partial charge on any atom is 0.122 e. The SMILES string of the molecule is CCNC1CCCC(c2ccccc2OCCOC)C1. The molecule has 2 rings (SSSR count). The van der Waals surface area contributed by atoms with Gasteiger partial charge in [-0.1, -0.05) is 31.5 Å². The number of nitrogens with one attached hydrogen (secondary N) is 1. The van der Waals surface area contributed by atoms with Crippen molar-refractivity contribution in [3.05, 3.63) is 29.8 Å². The van der Waals surface area contributed by atoms with Crippen LogP contribution in [0.1, 0.15) is 44.1 Å². The molecule has 112 valence electrons. The second-order valence-electron chi connectivity index (χ2n) is 5.50. The van der Waals surface area contributed by atoms with Crippen molar-refractivity contribution in [2.75, 3.05) is 26.9 Å². The molecule has 2 atom stereocenters. The maximum atomic E-state index is 5.88. The topological polar surface area (TPSA) is 30.5 Å². The lowest BCUT2D eigenvalue weighted by Crippen LogP contribution is -2.33. The molecule has 20 heavy (non-hydrogen) atoms. The highest BCUT2D eigenvalue weighted by Crippen LogP contribution is 2.37. The van der Waals surface area contributed by atoms with Crippen LogP contribution in [0, 0.1) is 0 Å². The molecule has 1 N–H and O–H groups in total. The number of ether oxygens (including phenoxy) is 2. The van der Waals surface area contributed by atoms with Gasteiger partial charge < -0.3 is 14.8 Å². The van der Waals surface area contributed by atoms with Gasteiger partial charge in [-0.15, -0.1) is 0 Å². The Morgan fingerprint density at radius 2 is 2.05 bits per heavy atom. The van der Waals surface area contributed by atoms with Gasteiger partial charge in [-0.2, -0.15) is 0 Å². The Morgan fingerprint density at radius 1 is 1.20 bits per heavy atom. The smallest absolute Gasteiger partial charge is 0.122 e. The molecule has 1 aromatic carbocycles. The number of hydrogen-bond acceptors (Lipinski definition) is 3. The van der Waals surface area contributed by atoms with E-state index in [4.69, 9.17) is 9.47 Å². The van der Waals surface area contributed by atoms with Crippen LogP contribution < -0.4 is 10.1 Å². The van der Waals surface area contributed by atoms with E-state index < -0.39 is 0 Å². The van der Waals surface area contributed by atoms with Crippen LogP contribution in [-0.4, -0.2) is 32.9 Å². The highest BCUT2D eigenvalue weighted by Gasteiger charge is 2.24. The molecule has 1 aromatic rings. The van der Waals surface area contributed by atoms with E-state index in [1.54, 1.807) is 7.11 Å². The van der Waals surface area contributed by atoms with Gasteiger partial charge in [0.15, 0.2) is 0 Å². The predicted octanol–water partition coefficient (Wildman–Crippen LogP) is 3.35. The second kappa shape index (κ2) is 8.28. The predicted molar refractivity (Wildman–Crippen MR) is 82.5 cm³/mol. The molecule has 1 saturated carbocycles. The fraction of sp³-hybridized carbons (Fsp3) is 0.647. The summed E-state index contributed by atoms with van der Waals surface area (Å²) >= 11 is 0. The molecule has 0 amide bonds. The van der Waals surface area contributed by atoms with Crippen LogP contribution in [0.2, 0.25) is 0 Å². The first-order chi connectivity index (χ1) is 9.85. The third-order valence-electron chi connectivity index (χ3n) is 4.07. The molecule has 0 aromatic heterocycles. The first-order valence-electron chi connectivity index (χ1n) is 7.79. The summed E-state index contributed by atoms with van der Waals surface area (Å²) in [6.45, 7) is 4.50. The van der Waals surface area contributed by atoms with Gasteiger partial charge in [-0.05, 0) is 43.4 Å². The van der Waals surface area contributed by atoms with Crippen molar-refractivity contribution in [2.24, 2.45) is 0 Å². The van der Waals surface area contributed by atoms with E-state index in [2.05, 4.69) is 36.5 Å². The van der Waals surface area contributed by atoms with Crippen LogP contribution in [0.15, 0.2) is 24.3 Å².